The maximum Gasteiger partial charge on any atom is 0.358 e. The van der Waals surface area contributed by atoms with Crippen molar-refractivity contribution in [2.75, 3.05) is 18.5 Å². The minimum absolute atomic E-state index is 0.0554. The van der Waals surface area contributed by atoms with Gasteiger partial charge in [0.15, 0.2) is 11.5 Å². The van der Waals surface area contributed by atoms with Gasteiger partial charge in [-0.2, -0.15) is 0 Å². The number of hydrogen-bond acceptors (Lipinski definition) is 5. The molecule has 1 aliphatic carbocycles. The van der Waals surface area contributed by atoms with Gasteiger partial charge in [-0.3, -0.25) is 0 Å². The van der Waals surface area contributed by atoms with Crippen molar-refractivity contribution in [2.45, 2.75) is 38.2 Å². The first-order chi connectivity index (χ1) is 9.27. The number of nitrogens with zero attached hydrogens (tertiary/aromatic N) is 2. The fourth-order valence-corrected chi connectivity index (χ4v) is 2.25. The minimum Gasteiger partial charge on any atom is -0.476 e. The van der Waals surface area contributed by atoms with Gasteiger partial charge in [-0.05, 0) is 12.8 Å². The lowest BCUT2D eigenvalue weighted by Gasteiger charge is -2.22. The van der Waals surface area contributed by atoms with Crippen LogP contribution < -0.4 is 5.32 Å². The molecule has 6 heteroatoms. The third-order valence-corrected chi connectivity index (χ3v) is 3.20. The number of aromatic carboxylic acids is 1. The Hall–Kier alpha value is -1.69. The van der Waals surface area contributed by atoms with Gasteiger partial charge in [-0.1, -0.05) is 19.3 Å². The Morgan fingerprint density at radius 1 is 1.32 bits per heavy atom. The van der Waals surface area contributed by atoms with Gasteiger partial charge in [-0.25, -0.2) is 14.8 Å². The predicted octanol–water partition coefficient (Wildman–Crippen LogP) is 1.94. The highest BCUT2D eigenvalue weighted by molar-refractivity contribution is 5.90. The van der Waals surface area contributed by atoms with Crippen LogP contribution in [0.25, 0.3) is 0 Å². The van der Waals surface area contributed by atoms with Crippen molar-refractivity contribution in [1.29, 1.82) is 0 Å². The van der Waals surface area contributed by atoms with Crippen LogP contribution in [-0.2, 0) is 4.74 Å². The first-order valence-electron chi connectivity index (χ1n) is 6.67. The summed E-state index contributed by atoms with van der Waals surface area (Å²) in [6.07, 6.45) is 9.24. The number of carbonyl (C=O) groups is 1. The van der Waals surface area contributed by atoms with E-state index < -0.39 is 5.97 Å². The van der Waals surface area contributed by atoms with Crippen LogP contribution in [0.2, 0.25) is 0 Å². The molecule has 1 saturated carbocycles. The smallest absolute Gasteiger partial charge is 0.358 e. The number of aromatic nitrogens is 2. The number of nitrogens with one attached hydrogen (secondary N) is 1. The van der Waals surface area contributed by atoms with Gasteiger partial charge < -0.3 is 15.2 Å². The van der Waals surface area contributed by atoms with Crippen LogP contribution in [0.1, 0.15) is 42.6 Å². The second-order valence-electron chi connectivity index (χ2n) is 4.62. The summed E-state index contributed by atoms with van der Waals surface area (Å²) < 4.78 is 5.75. The van der Waals surface area contributed by atoms with Crippen molar-refractivity contribution in [2.24, 2.45) is 0 Å². The number of rotatable bonds is 6. The highest BCUT2D eigenvalue weighted by Gasteiger charge is 2.14. The van der Waals surface area contributed by atoms with Gasteiger partial charge in [0.2, 0.25) is 0 Å². The molecule has 0 aliphatic heterocycles. The molecule has 19 heavy (non-hydrogen) atoms. The lowest BCUT2D eigenvalue weighted by molar-refractivity contribution is 0.0347. The van der Waals surface area contributed by atoms with E-state index in [-0.39, 0.29) is 5.69 Å². The first kappa shape index (κ1) is 13.7. The molecule has 0 aromatic carbocycles. The van der Waals surface area contributed by atoms with Crippen molar-refractivity contribution < 1.29 is 14.6 Å². The van der Waals surface area contributed by atoms with E-state index in [1.54, 1.807) is 0 Å². The van der Waals surface area contributed by atoms with Crippen LogP contribution in [0.15, 0.2) is 12.4 Å². The van der Waals surface area contributed by atoms with E-state index in [2.05, 4.69) is 15.3 Å². The normalized spacial score (nSPS) is 16.2. The Balaban J connectivity index is 1.74. The average molecular weight is 265 g/mol. The molecule has 0 amide bonds. The van der Waals surface area contributed by atoms with E-state index in [1.165, 1.54) is 31.7 Å². The molecule has 0 atom stereocenters. The fraction of sp³-hybridized carbons (Fsp3) is 0.615. The molecular weight excluding hydrogens is 246 g/mol. The quantitative estimate of drug-likeness (QED) is 0.765. The SMILES string of the molecule is O=C(O)c1nccnc1NCCOC1CCCCC1. The summed E-state index contributed by atoms with van der Waals surface area (Å²) in [5.41, 5.74) is -0.0554. The van der Waals surface area contributed by atoms with E-state index in [9.17, 15) is 4.79 Å². The molecule has 1 heterocycles. The number of hydrogen-bond donors (Lipinski definition) is 2. The molecule has 1 aromatic heterocycles. The third kappa shape index (κ3) is 4.17. The van der Waals surface area contributed by atoms with Crippen molar-refractivity contribution in [1.82, 2.24) is 9.97 Å². The second-order valence-corrected chi connectivity index (χ2v) is 4.62. The molecule has 0 unspecified atom stereocenters. The Labute approximate surface area is 112 Å². The zero-order chi connectivity index (χ0) is 13.5. The van der Waals surface area contributed by atoms with Crippen LogP contribution in [0.5, 0.6) is 0 Å². The average Bonchev–Trinajstić information content (AvgIpc) is 2.45. The maximum absolute atomic E-state index is 10.9. The van der Waals surface area contributed by atoms with Crippen molar-refractivity contribution in [3.8, 4) is 0 Å². The molecule has 0 spiro atoms. The summed E-state index contributed by atoms with van der Waals surface area (Å²) in [4.78, 5) is 18.7. The first-order valence-corrected chi connectivity index (χ1v) is 6.67. The van der Waals surface area contributed by atoms with Crippen LogP contribution in [-0.4, -0.2) is 40.3 Å². The monoisotopic (exact) mass is 265 g/mol. The van der Waals surface area contributed by atoms with Crippen LogP contribution in [0, 0.1) is 0 Å². The zero-order valence-electron chi connectivity index (χ0n) is 10.8. The molecule has 0 bridgehead atoms. The van der Waals surface area contributed by atoms with E-state index in [4.69, 9.17) is 9.84 Å². The molecule has 2 rings (SSSR count). The Kier molecular flexibility index (Phi) is 5.09. The highest BCUT2D eigenvalue weighted by atomic mass is 16.5. The van der Waals surface area contributed by atoms with Gasteiger partial charge in [-0.15, -0.1) is 0 Å². The Bertz CT molecular complexity index is 419. The lowest BCUT2D eigenvalue weighted by Crippen LogP contribution is -2.21. The standard InChI is InChI=1S/C13H19N3O3/c17-13(18)11-12(15-7-6-14-11)16-8-9-19-10-4-2-1-3-5-10/h6-7,10H,1-5,8-9H2,(H,15,16)(H,17,18). The van der Waals surface area contributed by atoms with Gasteiger partial charge in [0.25, 0.3) is 0 Å². The minimum atomic E-state index is -1.08. The van der Waals surface area contributed by atoms with Crippen molar-refractivity contribution in [3.05, 3.63) is 18.1 Å². The second kappa shape index (κ2) is 7.04. The Morgan fingerprint density at radius 2 is 2.05 bits per heavy atom. The molecule has 104 valence electrons. The Morgan fingerprint density at radius 3 is 2.79 bits per heavy atom. The summed E-state index contributed by atoms with van der Waals surface area (Å²) in [6, 6.07) is 0. The van der Waals surface area contributed by atoms with E-state index >= 15 is 0 Å². The summed E-state index contributed by atoms with van der Waals surface area (Å²) in [5, 5.41) is 11.9. The number of ether oxygens (including phenoxy) is 1. The molecule has 6 nitrogen and oxygen atoms in total. The highest BCUT2D eigenvalue weighted by Crippen LogP contribution is 2.20. The zero-order valence-corrected chi connectivity index (χ0v) is 10.8. The topological polar surface area (TPSA) is 84.3 Å². The fourth-order valence-electron chi connectivity index (χ4n) is 2.25. The van der Waals surface area contributed by atoms with Gasteiger partial charge in [0.1, 0.15) is 0 Å². The van der Waals surface area contributed by atoms with Gasteiger partial charge in [0.05, 0.1) is 12.7 Å². The van der Waals surface area contributed by atoms with Gasteiger partial charge in [0, 0.05) is 18.9 Å². The summed E-state index contributed by atoms with van der Waals surface area (Å²) in [5.74, 6) is -0.786. The number of carboxylic acid groups (broad SMARTS) is 1. The molecule has 0 radical (unpaired) electrons. The summed E-state index contributed by atoms with van der Waals surface area (Å²) in [6.45, 7) is 1.09. The molecular formula is C13H19N3O3. The summed E-state index contributed by atoms with van der Waals surface area (Å²) in [7, 11) is 0. The van der Waals surface area contributed by atoms with Crippen molar-refractivity contribution in [3.63, 3.8) is 0 Å². The molecule has 2 N–H and O–H groups in total. The molecule has 0 saturated heterocycles. The van der Waals surface area contributed by atoms with Crippen LogP contribution in [0.4, 0.5) is 5.82 Å². The summed E-state index contributed by atoms with van der Waals surface area (Å²) >= 11 is 0. The van der Waals surface area contributed by atoms with E-state index in [0.29, 0.717) is 25.1 Å². The van der Waals surface area contributed by atoms with E-state index in [0.717, 1.165) is 12.8 Å². The van der Waals surface area contributed by atoms with Crippen LogP contribution >= 0.6 is 0 Å². The van der Waals surface area contributed by atoms with Crippen molar-refractivity contribution >= 4 is 11.8 Å². The largest absolute Gasteiger partial charge is 0.476 e. The lowest BCUT2D eigenvalue weighted by atomic mass is 9.98. The molecule has 1 aromatic rings. The van der Waals surface area contributed by atoms with Crippen LogP contribution in [0.3, 0.4) is 0 Å². The number of carboxylic acids is 1. The predicted molar refractivity (Wildman–Crippen MR) is 70.3 cm³/mol. The maximum atomic E-state index is 10.9. The molecule has 1 aliphatic rings. The number of anilines is 1. The van der Waals surface area contributed by atoms with Gasteiger partial charge >= 0.3 is 5.97 Å². The third-order valence-electron chi connectivity index (χ3n) is 3.20. The van der Waals surface area contributed by atoms with E-state index in [1.807, 2.05) is 0 Å². The molecule has 1 fully saturated rings.